The lowest BCUT2D eigenvalue weighted by molar-refractivity contribution is -0.122. The van der Waals surface area contributed by atoms with Crippen LogP contribution in [0.3, 0.4) is 0 Å². The Morgan fingerprint density at radius 1 is 1.00 bits per heavy atom. The van der Waals surface area contributed by atoms with Gasteiger partial charge in [-0.05, 0) is 119 Å². The second kappa shape index (κ2) is 8.51. The summed E-state index contributed by atoms with van der Waals surface area (Å²) in [6.45, 7) is 15.5. The highest BCUT2D eigenvalue weighted by Crippen LogP contribution is 2.40. The molecule has 4 rings (SSSR count). The van der Waals surface area contributed by atoms with Gasteiger partial charge in [0.05, 0.1) is 11.2 Å². The third-order valence-corrected chi connectivity index (χ3v) is 6.83. The van der Waals surface area contributed by atoms with E-state index in [0.717, 1.165) is 34.4 Å². The van der Waals surface area contributed by atoms with E-state index in [1.54, 1.807) is 6.08 Å². The Morgan fingerprint density at radius 2 is 1.65 bits per heavy atom. The lowest BCUT2D eigenvalue weighted by Gasteiger charge is -2.43. The van der Waals surface area contributed by atoms with Crippen molar-refractivity contribution >= 4 is 52.2 Å². The molecule has 2 aromatic carbocycles. The maximum absolute atomic E-state index is 13.5. The van der Waals surface area contributed by atoms with Crippen molar-refractivity contribution in [2.45, 2.75) is 54.0 Å². The lowest BCUT2D eigenvalue weighted by atomic mass is 9.86. The summed E-state index contributed by atoms with van der Waals surface area (Å²) in [6.07, 6.45) is 3.96. The normalized spacial score (nSPS) is 18.7. The number of nitrogens with one attached hydrogen (secondary N) is 1. The average molecular weight is 474 g/mol. The van der Waals surface area contributed by atoms with Crippen molar-refractivity contribution in [1.29, 1.82) is 0 Å². The summed E-state index contributed by atoms with van der Waals surface area (Å²) >= 11 is 5.37. The molecule has 0 unspecified atom stereocenters. The molecule has 176 valence electrons. The van der Waals surface area contributed by atoms with Crippen LogP contribution in [-0.2, 0) is 9.59 Å². The smallest absolute Gasteiger partial charge is 0.270 e. The first-order valence-electron chi connectivity index (χ1n) is 11.5. The maximum atomic E-state index is 13.5. The van der Waals surface area contributed by atoms with Crippen LogP contribution in [0.4, 0.5) is 11.4 Å². The number of nitrogens with zero attached hydrogens (tertiary/aromatic N) is 2. The molecule has 0 saturated carbocycles. The van der Waals surface area contributed by atoms with Gasteiger partial charge in [-0.15, -0.1) is 0 Å². The molecule has 5 nitrogen and oxygen atoms in total. The number of thiocarbonyl (C=S) groups is 1. The van der Waals surface area contributed by atoms with Crippen molar-refractivity contribution in [3.05, 3.63) is 69.8 Å². The van der Waals surface area contributed by atoms with E-state index in [1.807, 2.05) is 39.0 Å². The first-order chi connectivity index (χ1) is 15.9. The molecular formula is C28H31N3O2S. The Balaban J connectivity index is 1.81. The molecule has 0 spiro atoms. The van der Waals surface area contributed by atoms with Gasteiger partial charge >= 0.3 is 0 Å². The minimum atomic E-state index is -0.476. The highest BCUT2D eigenvalue weighted by molar-refractivity contribution is 7.80. The van der Waals surface area contributed by atoms with Crippen LogP contribution in [-0.4, -0.2) is 29.0 Å². The number of rotatable bonds is 3. The minimum Gasteiger partial charge on any atom is -0.363 e. The fraction of sp³-hybridized carbons (Fsp3) is 0.321. The van der Waals surface area contributed by atoms with Gasteiger partial charge in [0.25, 0.3) is 11.8 Å². The minimum absolute atomic E-state index is 0.0703. The van der Waals surface area contributed by atoms with Crippen LogP contribution in [0.25, 0.3) is 11.6 Å². The van der Waals surface area contributed by atoms with E-state index >= 15 is 0 Å². The van der Waals surface area contributed by atoms with E-state index < -0.39 is 11.8 Å². The number of aryl methyl sites for hydroxylation is 3. The largest absolute Gasteiger partial charge is 0.363 e. The summed E-state index contributed by atoms with van der Waals surface area (Å²) < 4.78 is 0. The van der Waals surface area contributed by atoms with Gasteiger partial charge in [-0.3, -0.25) is 19.8 Å². The van der Waals surface area contributed by atoms with E-state index in [4.69, 9.17) is 12.2 Å². The maximum Gasteiger partial charge on any atom is 0.270 e. The number of likely N-dealkylation sites (N-methyl/N-ethyl adjacent to an activating group) is 1. The monoisotopic (exact) mass is 473 g/mol. The van der Waals surface area contributed by atoms with E-state index in [-0.39, 0.29) is 16.2 Å². The van der Waals surface area contributed by atoms with Gasteiger partial charge in [0, 0.05) is 17.8 Å². The van der Waals surface area contributed by atoms with Crippen LogP contribution in [0.2, 0.25) is 0 Å². The zero-order valence-corrected chi connectivity index (χ0v) is 21.7. The predicted octanol–water partition coefficient (Wildman–Crippen LogP) is 5.46. The van der Waals surface area contributed by atoms with Crippen molar-refractivity contribution < 1.29 is 9.59 Å². The highest BCUT2D eigenvalue weighted by atomic mass is 32.1. The summed E-state index contributed by atoms with van der Waals surface area (Å²) in [7, 11) is 0. The van der Waals surface area contributed by atoms with E-state index in [2.05, 4.69) is 56.1 Å². The molecule has 2 aliphatic rings. The predicted molar refractivity (Wildman–Crippen MR) is 144 cm³/mol. The summed E-state index contributed by atoms with van der Waals surface area (Å²) in [5.74, 6) is -0.893. The van der Waals surface area contributed by atoms with Crippen LogP contribution in [0.15, 0.2) is 42.0 Å². The standard InChI is InChI=1S/C28H31N3O2S/c1-8-30-24-12-18(4)20(13-22(24)19(5)15-28(30,6)7)14-23-25(32)29-27(34)31(26(23)33)21-10-16(2)9-17(3)11-21/h9-15H,8H2,1-7H3,(H,29,32,34)/b23-14+. The van der Waals surface area contributed by atoms with Gasteiger partial charge < -0.3 is 4.90 Å². The average Bonchev–Trinajstić information content (AvgIpc) is 2.70. The molecule has 1 saturated heterocycles. The van der Waals surface area contributed by atoms with E-state index in [0.29, 0.717) is 5.69 Å². The van der Waals surface area contributed by atoms with Gasteiger partial charge in [-0.1, -0.05) is 12.1 Å². The molecule has 0 atom stereocenters. The number of carbonyl (C=O) groups is 2. The van der Waals surface area contributed by atoms with Crippen LogP contribution in [0.5, 0.6) is 0 Å². The molecule has 2 amide bonds. The van der Waals surface area contributed by atoms with Crippen LogP contribution in [0.1, 0.15) is 55.5 Å². The van der Waals surface area contributed by atoms with Crippen LogP contribution < -0.4 is 15.1 Å². The molecule has 1 N–H and O–H groups in total. The Bertz CT molecular complexity index is 1280. The quantitative estimate of drug-likeness (QED) is 0.365. The SMILES string of the molecule is CCN1c2cc(C)c(/C=C3\C(=O)NC(=S)N(c4cc(C)cc(C)c4)C3=O)cc2C(C)=CC1(C)C. The molecule has 0 aliphatic carbocycles. The zero-order chi connectivity index (χ0) is 24.9. The second-order valence-corrected chi connectivity index (χ2v) is 10.1. The number of benzene rings is 2. The number of hydrogen-bond acceptors (Lipinski definition) is 4. The fourth-order valence-corrected chi connectivity index (χ4v) is 5.39. The van der Waals surface area contributed by atoms with E-state index in [9.17, 15) is 9.59 Å². The number of carbonyl (C=O) groups excluding carboxylic acids is 2. The molecular weight excluding hydrogens is 442 g/mol. The van der Waals surface area contributed by atoms with Gasteiger partial charge in [0.2, 0.25) is 0 Å². The molecule has 6 heteroatoms. The summed E-state index contributed by atoms with van der Waals surface area (Å²) in [6, 6.07) is 10.1. The number of anilines is 2. The molecule has 2 aliphatic heterocycles. The molecule has 0 aromatic heterocycles. The van der Waals surface area contributed by atoms with Crippen molar-refractivity contribution in [3.8, 4) is 0 Å². The second-order valence-electron chi connectivity index (χ2n) is 9.75. The van der Waals surface area contributed by atoms with Crippen molar-refractivity contribution in [3.63, 3.8) is 0 Å². The zero-order valence-electron chi connectivity index (χ0n) is 20.9. The summed E-state index contributed by atoms with van der Waals surface area (Å²) in [4.78, 5) is 30.1. The van der Waals surface area contributed by atoms with Crippen LogP contribution >= 0.6 is 12.2 Å². The first-order valence-corrected chi connectivity index (χ1v) is 12.0. The third kappa shape index (κ3) is 4.07. The molecule has 34 heavy (non-hydrogen) atoms. The van der Waals surface area contributed by atoms with Crippen molar-refractivity contribution in [1.82, 2.24) is 5.32 Å². The molecule has 0 radical (unpaired) electrons. The summed E-state index contributed by atoms with van der Waals surface area (Å²) in [5, 5.41) is 2.79. The summed E-state index contributed by atoms with van der Waals surface area (Å²) in [5.41, 5.74) is 7.99. The number of hydrogen-bond donors (Lipinski definition) is 1. The van der Waals surface area contributed by atoms with Gasteiger partial charge in [0.1, 0.15) is 5.57 Å². The molecule has 2 heterocycles. The Kier molecular flexibility index (Phi) is 5.98. The fourth-order valence-electron chi connectivity index (χ4n) is 5.11. The third-order valence-electron chi connectivity index (χ3n) is 6.55. The Labute approximate surface area is 207 Å². The first kappa shape index (κ1) is 23.9. The molecule has 2 aromatic rings. The van der Waals surface area contributed by atoms with Gasteiger partial charge in [-0.2, -0.15) is 0 Å². The number of fused-ring (bicyclic) bond motifs is 1. The molecule has 1 fully saturated rings. The number of allylic oxidation sites excluding steroid dienone is 1. The van der Waals surface area contributed by atoms with Gasteiger partial charge in [-0.25, -0.2) is 0 Å². The van der Waals surface area contributed by atoms with Crippen molar-refractivity contribution in [2.24, 2.45) is 0 Å². The van der Waals surface area contributed by atoms with Crippen molar-refractivity contribution in [2.75, 3.05) is 16.3 Å². The van der Waals surface area contributed by atoms with Crippen LogP contribution in [0, 0.1) is 20.8 Å². The Hall–Kier alpha value is -3.25. The van der Waals surface area contributed by atoms with Gasteiger partial charge in [0.15, 0.2) is 5.11 Å². The topological polar surface area (TPSA) is 52.7 Å². The van der Waals surface area contributed by atoms with E-state index in [1.165, 1.54) is 16.2 Å². The molecule has 0 bridgehead atoms. The highest BCUT2D eigenvalue weighted by Gasteiger charge is 2.35. The lowest BCUT2D eigenvalue weighted by Crippen LogP contribution is -2.54. The Morgan fingerprint density at radius 3 is 2.26 bits per heavy atom. The number of amides is 2.